The first-order valence-electron chi connectivity index (χ1n) is 7.07. The predicted octanol–water partition coefficient (Wildman–Crippen LogP) is -0.636. The third kappa shape index (κ3) is 3.41. The van der Waals surface area contributed by atoms with E-state index in [2.05, 4.69) is 54.5 Å². The fourth-order valence-electron chi connectivity index (χ4n) is 2.60. The monoisotopic (exact) mass is 293 g/mol. The van der Waals surface area contributed by atoms with Crippen LogP contribution in [0.2, 0.25) is 0 Å². The molecule has 0 aliphatic carbocycles. The minimum atomic E-state index is 0. The van der Waals surface area contributed by atoms with Crippen LogP contribution in [-0.2, 0) is 6.54 Å². The molecule has 4 heteroatoms. The Morgan fingerprint density at radius 2 is 1.80 bits per heavy atom. The number of rotatable bonds is 5. The summed E-state index contributed by atoms with van der Waals surface area (Å²) in [7, 11) is 0. The zero-order valence-corrected chi connectivity index (χ0v) is 13.3. The number of nitrogen functional groups attached to an aromatic ring is 1. The SMILES string of the molecule is CCN(CC)CC[n+]1c(C)cc(N)c2ccccc21.[Cl-]. The van der Waals surface area contributed by atoms with E-state index >= 15 is 0 Å². The van der Waals surface area contributed by atoms with Gasteiger partial charge in [0.1, 0.15) is 0 Å². The number of aromatic nitrogens is 1. The van der Waals surface area contributed by atoms with Crippen LogP contribution >= 0.6 is 0 Å². The Bertz CT molecular complexity index is 565. The van der Waals surface area contributed by atoms with Gasteiger partial charge in [-0.15, -0.1) is 0 Å². The maximum absolute atomic E-state index is 6.11. The normalized spacial score (nSPS) is 10.8. The molecule has 2 rings (SSSR count). The van der Waals surface area contributed by atoms with E-state index in [0.29, 0.717) is 0 Å². The van der Waals surface area contributed by atoms with Gasteiger partial charge in [-0.2, -0.15) is 4.57 Å². The molecule has 1 aromatic carbocycles. The number of anilines is 1. The molecule has 3 nitrogen and oxygen atoms in total. The first-order valence-corrected chi connectivity index (χ1v) is 7.07. The molecule has 110 valence electrons. The molecule has 20 heavy (non-hydrogen) atoms. The summed E-state index contributed by atoms with van der Waals surface area (Å²) in [6.07, 6.45) is 0. The van der Waals surface area contributed by atoms with Crippen molar-refractivity contribution < 1.29 is 17.0 Å². The maximum atomic E-state index is 6.11. The van der Waals surface area contributed by atoms with Gasteiger partial charge in [0.25, 0.3) is 0 Å². The van der Waals surface area contributed by atoms with Crippen LogP contribution in [0.4, 0.5) is 5.69 Å². The van der Waals surface area contributed by atoms with Crippen LogP contribution in [0, 0.1) is 6.92 Å². The molecule has 0 amide bonds. The van der Waals surface area contributed by atoms with Crippen LogP contribution < -0.4 is 22.7 Å². The highest BCUT2D eigenvalue weighted by Crippen LogP contribution is 2.18. The van der Waals surface area contributed by atoms with Crippen LogP contribution in [0.3, 0.4) is 0 Å². The standard InChI is InChI=1S/C16H23N3.ClH/c1-4-18(5-2)10-11-19-13(3)12-15(17)14-8-6-7-9-16(14)19;/h6-9,12,17H,4-5,10-11H2,1-3H3;1H. The summed E-state index contributed by atoms with van der Waals surface area (Å²) in [5, 5.41) is 1.15. The summed E-state index contributed by atoms with van der Waals surface area (Å²) in [6, 6.07) is 10.4. The van der Waals surface area contributed by atoms with Crippen LogP contribution in [0.25, 0.3) is 10.9 Å². The molecule has 1 aromatic heterocycles. The van der Waals surface area contributed by atoms with Crippen molar-refractivity contribution in [3.63, 3.8) is 0 Å². The summed E-state index contributed by atoms with van der Waals surface area (Å²) in [4.78, 5) is 2.44. The van der Waals surface area contributed by atoms with Gasteiger partial charge in [0.05, 0.1) is 17.6 Å². The molecule has 0 unspecified atom stereocenters. The lowest BCUT2D eigenvalue weighted by Gasteiger charge is -2.16. The molecule has 0 bridgehead atoms. The second-order valence-corrected chi connectivity index (χ2v) is 4.94. The summed E-state index contributed by atoms with van der Waals surface area (Å²) in [5.74, 6) is 0. The van der Waals surface area contributed by atoms with Gasteiger partial charge < -0.3 is 18.1 Å². The van der Waals surface area contributed by atoms with E-state index in [0.717, 1.165) is 37.3 Å². The van der Waals surface area contributed by atoms with Crippen LogP contribution in [0.1, 0.15) is 19.5 Å². The molecule has 0 aliphatic heterocycles. The molecular formula is C16H24ClN3. The number of aryl methyl sites for hydroxylation is 1. The zero-order chi connectivity index (χ0) is 13.8. The third-order valence-electron chi connectivity index (χ3n) is 3.83. The third-order valence-corrected chi connectivity index (χ3v) is 3.83. The minimum absolute atomic E-state index is 0. The number of para-hydroxylation sites is 1. The fraction of sp³-hybridized carbons (Fsp3) is 0.438. The highest BCUT2D eigenvalue weighted by atomic mass is 35.5. The number of halogens is 1. The first-order chi connectivity index (χ1) is 9.17. The Morgan fingerprint density at radius 3 is 2.45 bits per heavy atom. The number of pyridine rings is 1. The summed E-state index contributed by atoms with van der Waals surface area (Å²) >= 11 is 0. The van der Waals surface area contributed by atoms with Crippen molar-refractivity contribution in [2.45, 2.75) is 27.3 Å². The Kier molecular flexibility index (Phi) is 6.24. The van der Waals surface area contributed by atoms with E-state index in [1.165, 1.54) is 11.2 Å². The van der Waals surface area contributed by atoms with Gasteiger partial charge in [0.15, 0.2) is 12.2 Å². The molecule has 0 atom stereocenters. The molecule has 0 saturated heterocycles. The van der Waals surface area contributed by atoms with Crippen molar-refractivity contribution >= 4 is 16.6 Å². The highest BCUT2D eigenvalue weighted by Gasteiger charge is 2.15. The number of hydrogen-bond acceptors (Lipinski definition) is 2. The zero-order valence-electron chi connectivity index (χ0n) is 12.6. The molecule has 0 fully saturated rings. The summed E-state index contributed by atoms with van der Waals surface area (Å²) < 4.78 is 2.37. The van der Waals surface area contributed by atoms with E-state index < -0.39 is 0 Å². The highest BCUT2D eigenvalue weighted by molar-refractivity contribution is 5.87. The van der Waals surface area contributed by atoms with Gasteiger partial charge in [-0.3, -0.25) is 4.90 Å². The predicted molar refractivity (Wildman–Crippen MR) is 81.1 cm³/mol. The number of nitrogens with zero attached hydrogens (tertiary/aromatic N) is 2. The summed E-state index contributed by atoms with van der Waals surface area (Å²) in [6.45, 7) is 10.8. The Morgan fingerprint density at radius 1 is 1.15 bits per heavy atom. The van der Waals surface area contributed by atoms with Crippen molar-refractivity contribution in [2.24, 2.45) is 0 Å². The van der Waals surface area contributed by atoms with Gasteiger partial charge in [0.2, 0.25) is 5.52 Å². The van der Waals surface area contributed by atoms with Gasteiger partial charge in [-0.25, -0.2) is 0 Å². The Labute approximate surface area is 127 Å². The quantitative estimate of drug-likeness (QED) is 0.745. The largest absolute Gasteiger partial charge is 1.00 e. The lowest BCUT2D eigenvalue weighted by molar-refractivity contribution is -0.676. The second kappa shape index (κ2) is 7.46. The first kappa shape index (κ1) is 16.7. The number of likely N-dealkylation sites (N-methyl/N-ethyl adjacent to an activating group) is 1. The Balaban J connectivity index is 0.00000200. The van der Waals surface area contributed by atoms with E-state index in [-0.39, 0.29) is 12.4 Å². The lowest BCUT2D eigenvalue weighted by Crippen LogP contribution is -3.00. The molecule has 0 radical (unpaired) electrons. The van der Waals surface area contributed by atoms with Crippen molar-refractivity contribution in [2.75, 3.05) is 25.4 Å². The molecule has 1 heterocycles. The average molecular weight is 294 g/mol. The average Bonchev–Trinajstić information content (AvgIpc) is 2.43. The van der Waals surface area contributed by atoms with Gasteiger partial charge >= 0.3 is 0 Å². The number of hydrogen-bond donors (Lipinski definition) is 1. The van der Waals surface area contributed by atoms with Crippen LogP contribution in [0.5, 0.6) is 0 Å². The number of fused-ring (bicyclic) bond motifs is 1. The molecule has 0 aliphatic rings. The minimum Gasteiger partial charge on any atom is -1.00 e. The van der Waals surface area contributed by atoms with E-state index in [4.69, 9.17) is 5.73 Å². The van der Waals surface area contributed by atoms with Crippen LogP contribution in [-0.4, -0.2) is 24.5 Å². The van der Waals surface area contributed by atoms with E-state index in [1.54, 1.807) is 0 Å². The van der Waals surface area contributed by atoms with Gasteiger partial charge in [-0.05, 0) is 19.2 Å². The lowest BCUT2D eigenvalue weighted by atomic mass is 10.1. The molecule has 0 saturated carbocycles. The van der Waals surface area contributed by atoms with Crippen molar-refractivity contribution in [3.05, 3.63) is 36.0 Å². The molecule has 2 N–H and O–H groups in total. The number of nitrogens with two attached hydrogens (primary N) is 1. The maximum Gasteiger partial charge on any atom is 0.214 e. The number of benzene rings is 1. The smallest absolute Gasteiger partial charge is 0.214 e. The second-order valence-electron chi connectivity index (χ2n) is 4.94. The summed E-state index contributed by atoms with van der Waals surface area (Å²) in [5.41, 5.74) is 9.43. The van der Waals surface area contributed by atoms with Gasteiger partial charge in [0, 0.05) is 19.1 Å². The molecule has 2 aromatic rings. The Hall–Kier alpha value is -1.32. The fourth-order valence-corrected chi connectivity index (χ4v) is 2.60. The molecule has 0 spiro atoms. The van der Waals surface area contributed by atoms with Crippen molar-refractivity contribution in [3.8, 4) is 0 Å². The van der Waals surface area contributed by atoms with Crippen molar-refractivity contribution in [1.29, 1.82) is 0 Å². The molecular weight excluding hydrogens is 270 g/mol. The van der Waals surface area contributed by atoms with E-state index in [1.807, 2.05) is 6.07 Å². The topological polar surface area (TPSA) is 33.1 Å². The van der Waals surface area contributed by atoms with E-state index in [9.17, 15) is 0 Å². The van der Waals surface area contributed by atoms with Crippen LogP contribution in [0.15, 0.2) is 30.3 Å². The van der Waals surface area contributed by atoms with Crippen molar-refractivity contribution in [1.82, 2.24) is 4.90 Å². The van der Waals surface area contributed by atoms with Gasteiger partial charge in [-0.1, -0.05) is 26.0 Å².